The lowest BCUT2D eigenvalue weighted by atomic mass is 10.2. The van der Waals surface area contributed by atoms with Crippen LogP contribution in [0.5, 0.6) is 0 Å². The van der Waals surface area contributed by atoms with Crippen LogP contribution >= 0.6 is 0 Å². The van der Waals surface area contributed by atoms with E-state index in [4.69, 9.17) is 0 Å². The van der Waals surface area contributed by atoms with E-state index in [1.165, 1.54) is 29.2 Å². The van der Waals surface area contributed by atoms with Crippen LogP contribution in [-0.2, 0) is 13.1 Å². The lowest BCUT2D eigenvalue weighted by molar-refractivity contribution is 0.530. The fourth-order valence-corrected chi connectivity index (χ4v) is 1.71. The Labute approximate surface area is 110 Å². The van der Waals surface area contributed by atoms with E-state index in [-0.39, 0.29) is 12.1 Å². The van der Waals surface area contributed by atoms with Gasteiger partial charge in [0.15, 0.2) is 5.82 Å². The van der Waals surface area contributed by atoms with Gasteiger partial charge in [0.1, 0.15) is 18.0 Å². The van der Waals surface area contributed by atoms with E-state index in [1.807, 2.05) is 0 Å². The zero-order chi connectivity index (χ0) is 13.7. The van der Waals surface area contributed by atoms with Crippen LogP contribution in [-0.4, -0.2) is 21.3 Å². The van der Waals surface area contributed by atoms with Gasteiger partial charge >= 0.3 is 0 Å². The molecule has 0 aliphatic heterocycles. The third kappa shape index (κ3) is 3.57. The summed E-state index contributed by atoms with van der Waals surface area (Å²) in [6, 6.07) is 3.81. The van der Waals surface area contributed by atoms with Gasteiger partial charge in [-0.25, -0.2) is 18.4 Å². The molecule has 0 amide bonds. The quantitative estimate of drug-likeness (QED) is 0.814. The summed E-state index contributed by atoms with van der Waals surface area (Å²) in [7, 11) is 0. The summed E-state index contributed by atoms with van der Waals surface area (Å²) in [4.78, 5) is 4.09. The normalized spacial score (nSPS) is 10.9. The first-order valence-corrected chi connectivity index (χ1v) is 6.22. The highest BCUT2D eigenvalue weighted by molar-refractivity contribution is 5.19. The Hall–Kier alpha value is -1.82. The van der Waals surface area contributed by atoms with Crippen LogP contribution in [0.3, 0.4) is 0 Å². The van der Waals surface area contributed by atoms with Crippen molar-refractivity contribution in [1.82, 2.24) is 20.1 Å². The molecule has 0 fully saturated rings. The summed E-state index contributed by atoms with van der Waals surface area (Å²) in [6.07, 6.45) is 2.51. The second kappa shape index (κ2) is 6.38. The first kappa shape index (κ1) is 13.6. The van der Waals surface area contributed by atoms with Gasteiger partial charge in [0.05, 0.1) is 13.1 Å². The average molecular weight is 266 g/mol. The number of nitrogens with zero attached hydrogens (tertiary/aromatic N) is 3. The van der Waals surface area contributed by atoms with Gasteiger partial charge in [-0.15, -0.1) is 0 Å². The molecular weight excluding hydrogens is 250 g/mol. The maximum Gasteiger partial charge on any atom is 0.164 e. The van der Waals surface area contributed by atoms with Crippen molar-refractivity contribution in [1.29, 1.82) is 0 Å². The van der Waals surface area contributed by atoms with Crippen molar-refractivity contribution in [2.24, 2.45) is 0 Å². The number of nitrogens with one attached hydrogen (secondary N) is 1. The van der Waals surface area contributed by atoms with Crippen molar-refractivity contribution in [3.63, 3.8) is 0 Å². The molecule has 2 aromatic rings. The first-order valence-electron chi connectivity index (χ1n) is 6.22. The third-order valence-corrected chi connectivity index (χ3v) is 2.68. The Morgan fingerprint density at radius 2 is 2.00 bits per heavy atom. The molecule has 6 heteroatoms. The molecule has 1 heterocycles. The van der Waals surface area contributed by atoms with Gasteiger partial charge in [-0.1, -0.05) is 13.0 Å². The van der Waals surface area contributed by atoms with Gasteiger partial charge in [-0.2, -0.15) is 5.10 Å². The number of hydrogen-bond acceptors (Lipinski definition) is 3. The van der Waals surface area contributed by atoms with Crippen molar-refractivity contribution >= 4 is 0 Å². The molecule has 0 saturated carbocycles. The van der Waals surface area contributed by atoms with Gasteiger partial charge in [0.2, 0.25) is 0 Å². The molecule has 0 radical (unpaired) electrons. The summed E-state index contributed by atoms with van der Waals surface area (Å²) in [5, 5.41) is 7.33. The average Bonchev–Trinajstić information content (AvgIpc) is 2.82. The topological polar surface area (TPSA) is 42.7 Å². The maximum atomic E-state index is 13.5. The lowest BCUT2D eigenvalue weighted by Crippen LogP contribution is -2.15. The van der Waals surface area contributed by atoms with Crippen molar-refractivity contribution in [2.75, 3.05) is 6.54 Å². The van der Waals surface area contributed by atoms with Crippen LogP contribution in [0.25, 0.3) is 0 Å². The standard InChI is InChI=1S/C13H16F2N4/c1-2-6-16-7-13-17-9-19(18-13)8-10-11(14)4-3-5-12(10)15/h3-5,9,16H,2,6-8H2,1H3. The van der Waals surface area contributed by atoms with Gasteiger partial charge in [0.25, 0.3) is 0 Å². The van der Waals surface area contributed by atoms with Gasteiger partial charge in [0, 0.05) is 5.56 Å². The summed E-state index contributed by atoms with van der Waals surface area (Å²) in [6.45, 7) is 3.55. The van der Waals surface area contributed by atoms with Gasteiger partial charge in [-0.3, -0.25) is 0 Å². The molecule has 0 unspecified atom stereocenters. The molecule has 0 saturated heterocycles. The summed E-state index contributed by atoms with van der Waals surface area (Å²) >= 11 is 0. The second-order valence-electron chi connectivity index (χ2n) is 4.24. The minimum atomic E-state index is -0.568. The van der Waals surface area contributed by atoms with E-state index in [2.05, 4.69) is 22.3 Å². The van der Waals surface area contributed by atoms with Crippen LogP contribution < -0.4 is 5.32 Å². The molecular formula is C13H16F2N4. The van der Waals surface area contributed by atoms with Crippen LogP contribution in [0.1, 0.15) is 24.7 Å². The van der Waals surface area contributed by atoms with Crippen LogP contribution in [0.15, 0.2) is 24.5 Å². The van der Waals surface area contributed by atoms with Crippen LogP contribution in [0, 0.1) is 11.6 Å². The number of halogens is 2. The van der Waals surface area contributed by atoms with Crippen molar-refractivity contribution in [3.05, 3.63) is 47.5 Å². The van der Waals surface area contributed by atoms with E-state index in [0.29, 0.717) is 12.4 Å². The lowest BCUT2D eigenvalue weighted by Gasteiger charge is -2.04. The van der Waals surface area contributed by atoms with Crippen LogP contribution in [0.2, 0.25) is 0 Å². The van der Waals surface area contributed by atoms with E-state index in [1.54, 1.807) is 0 Å². The highest BCUT2D eigenvalue weighted by Gasteiger charge is 2.10. The summed E-state index contributed by atoms with van der Waals surface area (Å²) < 4.78 is 28.4. The van der Waals surface area contributed by atoms with Gasteiger partial charge in [-0.05, 0) is 25.1 Å². The number of hydrogen-bond donors (Lipinski definition) is 1. The monoisotopic (exact) mass is 266 g/mol. The summed E-state index contributed by atoms with van der Waals surface area (Å²) in [5.41, 5.74) is 0.000433. The summed E-state index contributed by atoms with van der Waals surface area (Å²) in [5.74, 6) is -0.521. The molecule has 19 heavy (non-hydrogen) atoms. The number of benzene rings is 1. The Balaban J connectivity index is 2.03. The zero-order valence-corrected chi connectivity index (χ0v) is 10.7. The predicted molar refractivity (Wildman–Crippen MR) is 67.5 cm³/mol. The zero-order valence-electron chi connectivity index (χ0n) is 10.7. The highest BCUT2D eigenvalue weighted by Crippen LogP contribution is 2.13. The van der Waals surface area contributed by atoms with Crippen molar-refractivity contribution < 1.29 is 8.78 Å². The Morgan fingerprint density at radius 3 is 2.68 bits per heavy atom. The number of rotatable bonds is 6. The molecule has 0 spiro atoms. The molecule has 1 aromatic heterocycles. The van der Waals surface area contributed by atoms with Crippen molar-refractivity contribution in [3.8, 4) is 0 Å². The smallest absolute Gasteiger partial charge is 0.164 e. The van der Waals surface area contributed by atoms with E-state index in [0.717, 1.165) is 13.0 Å². The van der Waals surface area contributed by atoms with E-state index in [9.17, 15) is 8.78 Å². The molecule has 2 rings (SSSR count). The molecule has 1 N–H and O–H groups in total. The Bertz CT molecular complexity index is 519. The minimum absolute atomic E-state index is 0.000433. The molecule has 0 atom stereocenters. The van der Waals surface area contributed by atoms with Crippen molar-refractivity contribution in [2.45, 2.75) is 26.4 Å². The van der Waals surface area contributed by atoms with E-state index >= 15 is 0 Å². The minimum Gasteiger partial charge on any atom is -0.310 e. The molecule has 0 aliphatic rings. The highest BCUT2D eigenvalue weighted by atomic mass is 19.1. The molecule has 0 bridgehead atoms. The van der Waals surface area contributed by atoms with Crippen LogP contribution in [0.4, 0.5) is 8.78 Å². The molecule has 0 aliphatic carbocycles. The largest absolute Gasteiger partial charge is 0.310 e. The molecule has 4 nitrogen and oxygen atoms in total. The fourth-order valence-electron chi connectivity index (χ4n) is 1.71. The fraction of sp³-hybridized carbons (Fsp3) is 0.385. The van der Waals surface area contributed by atoms with Gasteiger partial charge < -0.3 is 5.32 Å². The van der Waals surface area contributed by atoms with E-state index < -0.39 is 11.6 Å². The Morgan fingerprint density at radius 1 is 1.26 bits per heavy atom. The first-order chi connectivity index (χ1) is 9.20. The maximum absolute atomic E-state index is 13.5. The Kier molecular flexibility index (Phi) is 4.57. The second-order valence-corrected chi connectivity index (χ2v) is 4.24. The predicted octanol–water partition coefficient (Wildman–Crippen LogP) is 2.10. The molecule has 1 aromatic carbocycles. The third-order valence-electron chi connectivity index (χ3n) is 2.68. The number of aromatic nitrogens is 3. The SMILES string of the molecule is CCCNCc1ncn(Cc2c(F)cccc2F)n1. The molecule has 102 valence electrons.